The standard InChI is InChI=1S/C30H51N3O5/c1-9-11-13-14-18-33(28(36)24(19-21(3)4)32-29(37)38-30(6,7)8)26(27(35)31-17-12-10-2)23-15-16-25(34)22(5)20-23/h15-16,20-21,24,26,34H,9-14,17-19H2,1-8H3,(H,31,35)(H,32,37). The Bertz CT molecular complexity index is 894. The van der Waals surface area contributed by atoms with Gasteiger partial charge in [-0.15, -0.1) is 0 Å². The molecule has 3 amide bonds. The molecular weight excluding hydrogens is 482 g/mol. The Morgan fingerprint density at radius 3 is 2.24 bits per heavy atom. The number of amides is 3. The second kappa shape index (κ2) is 16.2. The third-order valence-corrected chi connectivity index (χ3v) is 6.16. The highest BCUT2D eigenvalue weighted by atomic mass is 16.6. The van der Waals surface area contributed by atoms with Crippen molar-refractivity contribution >= 4 is 17.9 Å². The Hall–Kier alpha value is -2.77. The first-order valence-corrected chi connectivity index (χ1v) is 14.2. The highest BCUT2D eigenvalue weighted by Crippen LogP contribution is 2.28. The maximum Gasteiger partial charge on any atom is 0.408 e. The highest BCUT2D eigenvalue weighted by Gasteiger charge is 2.36. The van der Waals surface area contributed by atoms with Crippen LogP contribution in [0.1, 0.15) is 111 Å². The van der Waals surface area contributed by atoms with Crippen molar-refractivity contribution in [3.63, 3.8) is 0 Å². The van der Waals surface area contributed by atoms with E-state index in [1.807, 2.05) is 13.8 Å². The molecule has 1 aromatic rings. The zero-order valence-electron chi connectivity index (χ0n) is 24.9. The van der Waals surface area contributed by atoms with Crippen molar-refractivity contribution in [2.75, 3.05) is 13.1 Å². The zero-order valence-corrected chi connectivity index (χ0v) is 24.9. The number of nitrogens with one attached hydrogen (secondary N) is 2. The fraction of sp³-hybridized carbons (Fsp3) is 0.700. The lowest BCUT2D eigenvalue weighted by Crippen LogP contribution is -2.53. The molecule has 2 unspecified atom stereocenters. The van der Waals surface area contributed by atoms with Crippen molar-refractivity contribution in [1.29, 1.82) is 0 Å². The zero-order chi connectivity index (χ0) is 28.9. The van der Waals surface area contributed by atoms with Crippen LogP contribution in [0.2, 0.25) is 0 Å². The lowest BCUT2D eigenvalue weighted by molar-refractivity contribution is -0.143. The molecule has 1 aromatic carbocycles. The van der Waals surface area contributed by atoms with Crippen LogP contribution < -0.4 is 10.6 Å². The molecule has 2 atom stereocenters. The second-order valence-electron chi connectivity index (χ2n) is 11.5. The minimum atomic E-state index is -0.893. The van der Waals surface area contributed by atoms with Gasteiger partial charge in [-0.2, -0.15) is 0 Å². The number of nitrogens with zero attached hydrogens (tertiary/aromatic N) is 1. The molecule has 0 aliphatic heterocycles. The molecule has 0 bridgehead atoms. The van der Waals surface area contributed by atoms with E-state index in [4.69, 9.17) is 4.74 Å². The van der Waals surface area contributed by atoms with E-state index in [0.29, 0.717) is 30.6 Å². The van der Waals surface area contributed by atoms with Crippen molar-refractivity contribution in [1.82, 2.24) is 15.5 Å². The Kier molecular flexibility index (Phi) is 14.2. The number of hydrogen-bond donors (Lipinski definition) is 3. The van der Waals surface area contributed by atoms with E-state index in [2.05, 4.69) is 24.5 Å². The first kappa shape index (κ1) is 33.3. The third kappa shape index (κ3) is 11.7. The predicted octanol–water partition coefficient (Wildman–Crippen LogP) is 6.01. The number of carbonyl (C=O) groups excluding carboxylic acids is 3. The molecule has 8 heteroatoms. The molecule has 38 heavy (non-hydrogen) atoms. The third-order valence-electron chi connectivity index (χ3n) is 6.16. The number of unbranched alkanes of at least 4 members (excludes halogenated alkanes) is 4. The summed E-state index contributed by atoms with van der Waals surface area (Å²) in [5, 5.41) is 15.9. The van der Waals surface area contributed by atoms with Crippen molar-refractivity contribution < 1.29 is 24.2 Å². The summed E-state index contributed by atoms with van der Waals surface area (Å²) in [5.74, 6) is -0.340. The summed E-state index contributed by atoms with van der Waals surface area (Å²) in [6.45, 7) is 16.1. The molecule has 0 aliphatic rings. The number of ether oxygens (including phenoxy) is 1. The van der Waals surface area contributed by atoms with Gasteiger partial charge >= 0.3 is 6.09 Å². The van der Waals surface area contributed by atoms with E-state index < -0.39 is 23.8 Å². The number of aromatic hydroxyl groups is 1. The van der Waals surface area contributed by atoms with Crippen LogP contribution in [-0.2, 0) is 14.3 Å². The van der Waals surface area contributed by atoms with Crippen molar-refractivity contribution in [2.45, 2.75) is 118 Å². The normalized spacial score (nSPS) is 13.1. The molecule has 3 N–H and O–H groups in total. The summed E-state index contributed by atoms with van der Waals surface area (Å²) in [6, 6.07) is 3.26. The van der Waals surface area contributed by atoms with Crippen LogP contribution in [0.15, 0.2) is 18.2 Å². The minimum Gasteiger partial charge on any atom is -0.508 e. The number of phenolic OH excluding ortho intramolecular Hbond substituents is 1. The highest BCUT2D eigenvalue weighted by molar-refractivity contribution is 5.92. The Morgan fingerprint density at radius 1 is 1.03 bits per heavy atom. The van der Waals surface area contributed by atoms with Crippen LogP contribution in [0.3, 0.4) is 0 Å². The lowest BCUT2D eigenvalue weighted by atomic mass is 9.97. The van der Waals surface area contributed by atoms with Gasteiger partial charge in [0.2, 0.25) is 11.8 Å². The lowest BCUT2D eigenvalue weighted by Gasteiger charge is -2.35. The fourth-order valence-corrected chi connectivity index (χ4v) is 4.22. The van der Waals surface area contributed by atoms with Crippen LogP contribution in [0.5, 0.6) is 5.75 Å². The van der Waals surface area contributed by atoms with Gasteiger partial charge in [0, 0.05) is 13.1 Å². The predicted molar refractivity (Wildman–Crippen MR) is 152 cm³/mol. The quantitative estimate of drug-likeness (QED) is 0.239. The minimum absolute atomic E-state index is 0.119. The van der Waals surface area contributed by atoms with Crippen LogP contribution >= 0.6 is 0 Å². The monoisotopic (exact) mass is 533 g/mol. The molecule has 0 fully saturated rings. The van der Waals surface area contributed by atoms with E-state index in [-0.39, 0.29) is 23.5 Å². The number of rotatable bonds is 15. The topological polar surface area (TPSA) is 108 Å². The summed E-state index contributed by atoms with van der Waals surface area (Å²) >= 11 is 0. The molecular formula is C30H51N3O5. The molecule has 0 aromatic heterocycles. The van der Waals surface area contributed by atoms with Gasteiger partial charge in [0.05, 0.1) is 0 Å². The molecule has 8 nitrogen and oxygen atoms in total. The molecule has 0 saturated carbocycles. The maximum atomic E-state index is 14.2. The number of alkyl carbamates (subject to hydrolysis) is 1. The van der Waals surface area contributed by atoms with E-state index in [1.165, 1.54) is 0 Å². The average Bonchev–Trinajstić information content (AvgIpc) is 2.80. The van der Waals surface area contributed by atoms with Gasteiger partial charge < -0.3 is 25.4 Å². The maximum absolute atomic E-state index is 14.2. The summed E-state index contributed by atoms with van der Waals surface area (Å²) in [5.41, 5.74) is 0.539. The molecule has 0 heterocycles. The summed E-state index contributed by atoms with van der Waals surface area (Å²) < 4.78 is 5.45. The molecule has 0 saturated heterocycles. The molecule has 0 radical (unpaired) electrons. The van der Waals surface area contributed by atoms with E-state index >= 15 is 0 Å². The average molecular weight is 534 g/mol. The van der Waals surface area contributed by atoms with Crippen molar-refractivity contribution in [2.24, 2.45) is 5.92 Å². The van der Waals surface area contributed by atoms with E-state index in [9.17, 15) is 19.5 Å². The van der Waals surface area contributed by atoms with Gasteiger partial charge in [0.1, 0.15) is 23.4 Å². The number of phenols is 1. The summed E-state index contributed by atoms with van der Waals surface area (Å²) in [7, 11) is 0. The molecule has 216 valence electrons. The smallest absolute Gasteiger partial charge is 0.408 e. The van der Waals surface area contributed by atoms with Gasteiger partial charge in [-0.1, -0.05) is 59.4 Å². The summed E-state index contributed by atoms with van der Waals surface area (Å²) in [6.07, 6.45) is 5.23. The van der Waals surface area contributed by atoms with Crippen molar-refractivity contribution in [3.8, 4) is 5.75 Å². The SMILES string of the molecule is CCCCCCN(C(=O)C(CC(C)C)NC(=O)OC(C)(C)C)C(C(=O)NCCCC)c1ccc(O)c(C)c1. The number of carbonyl (C=O) groups is 3. The molecule has 0 aliphatic carbocycles. The molecule has 0 spiro atoms. The fourth-order valence-electron chi connectivity index (χ4n) is 4.22. The van der Waals surface area contributed by atoms with Gasteiger partial charge in [-0.05, 0) is 76.1 Å². The molecule has 1 rings (SSSR count). The summed E-state index contributed by atoms with van der Waals surface area (Å²) in [4.78, 5) is 42.1. The van der Waals surface area contributed by atoms with Gasteiger partial charge in [-0.3, -0.25) is 9.59 Å². The number of aryl methyl sites for hydroxylation is 1. The first-order valence-electron chi connectivity index (χ1n) is 14.2. The van der Waals surface area contributed by atoms with Crippen molar-refractivity contribution in [3.05, 3.63) is 29.3 Å². The van der Waals surface area contributed by atoms with Crippen LogP contribution in [0.4, 0.5) is 4.79 Å². The van der Waals surface area contributed by atoms with Crippen LogP contribution in [0.25, 0.3) is 0 Å². The van der Waals surface area contributed by atoms with Gasteiger partial charge in [-0.25, -0.2) is 4.79 Å². The first-order chi connectivity index (χ1) is 17.8. The number of hydrogen-bond acceptors (Lipinski definition) is 5. The number of benzene rings is 1. The van der Waals surface area contributed by atoms with Crippen LogP contribution in [0, 0.1) is 12.8 Å². The van der Waals surface area contributed by atoms with E-state index in [0.717, 1.165) is 38.5 Å². The van der Waals surface area contributed by atoms with Gasteiger partial charge in [0.25, 0.3) is 0 Å². The second-order valence-corrected chi connectivity index (χ2v) is 11.5. The Balaban J connectivity index is 3.49. The van der Waals surface area contributed by atoms with Crippen LogP contribution in [-0.4, -0.2) is 52.6 Å². The Labute approximate surface area is 229 Å². The Morgan fingerprint density at radius 2 is 1.68 bits per heavy atom. The van der Waals surface area contributed by atoms with E-state index in [1.54, 1.807) is 50.8 Å². The van der Waals surface area contributed by atoms with Gasteiger partial charge in [0.15, 0.2) is 0 Å². The largest absolute Gasteiger partial charge is 0.508 e.